The molecule has 0 amide bonds. The number of rotatable bonds is 6. The average molecular weight is 460 g/mol. The first-order valence-electron chi connectivity index (χ1n) is 11.3. The van der Waals surface area contributed by atoms with Crippen LogP contribution in [0, 0.1) is 0 Å². The molecule has 1 N–H and O–H groups in total. The Hall–Kier alpha value is -4.55. The van der Waals surface area contributed by atoms with Crippen LogP contribution in [-0.2, 0) is 11.3 Å². The summed E-state index contributed by atoms with van der Waals surface area (Å²) in [5.74, 6) is 1.06. The lowest BCUT2D eigenvalue weighted by molar-refractivity contribution is 0.102. The molecule has 3 aromatic carbocycles. The van der Waals surface area contributed by atoms with Crippen LogP contribution < -0.4 is 4.74 Å². The van der Waals surface area contributed by atoms with E-state index in [1.165, 1.54) is 0 Å². The number of aromatic amines is 1. The van der Waals surface area contributed by atoms with Crippen molar-refractivity contribution in [2.45, 2.75) is 6.61 Å². The van der Waals surface area contributed by atoms with Crippen molar-refractivity contribution in [3.05, 3.63) is 108 Å². The number of carbonyl (C=O) groups is 1. The zero-order valence-electron chi connectivity index (χ0n) is 19.0. The van der Waals surface area contributed by atoms with E-state index in [4.69, 9.17) is 9.47 Å². The Morgan fingerprint density at radius 1 is 0.886 bits per heavy atom. The number of methoxy groups -OCH3 is 1. The van der Waals surface area contributed by atoms with Crippen molar-refractivity contribution in [3.8, 4) is 11.6 Å². The summed E-state index contributed by atoms with van der Waals surface area (Å²) in [7, 11) is 1.62. The molecule has 170 valence electrons. The van der Waals surface area contributed by atoms with E-state index >= 15 is 0 Å². The molecule has 6 aromatic rings. The van der Waals surface area contributed by atoms with Crippen molar-refractivity contribution in [1.29, 1.82) is 0 Å². The van der Waals surface area contributed by atoms with E-state index in [1.54, 1.807) is 31.6 Å². The predicted molar refractivity (Wildman–Crippen MR) is 136 cm³/mol. The molecule has 0 fully saturated rings. The number of pyridine rings is 2. The summed E-state index contributed by atoms with van der Waals surface area (Å²) in [5.41, 5.74) is 3.46. The van der Waals surface area contributed by atoms with E-state index in [-0.39, 0.29) is 12.4 Å². The largest absolute Gasteiger partial charge is 0.438 e. The molecule has 0 saturated heterocycles. The maximum Gasteiger partial charge on any atom is 0.227 e. The number of aromatic nitrogens is 3. The second kappa shape index (κ2) is 8.66. The van der Waals surface area contributed by atoms with Crippen molar-refractivity contribution in [1.82, 2.24) is 15.0 Å². The highest BCUT2D eigenvalue weighted by Crippen LogP contribution is 2.35. The van der Waals surface area contributed by atoms with Gasteiger partial charge in [-0.3, -0.25) is 9.78 Å². The molecule has 0 bridgehead atoms. The van der Waals surface area contributed by atoms with E-state index in [0.29, 0.717) is 22.9 Å². The van der Waals surface area contributed by atoms with E-state index in [0.717, 1.165) is 38.1 Å². The van der Waals surface area contributed by atoms with Gasteiger partial charge in [-0.05, 0) is 35.7 Å². The number of nitrogens with one attached hydrogen (secondary N) is 1. The molecule has 6 nitrogen and oxygen atoms in total. The Labute approximate surface area is 201 Å². The van der Waals surface area contributed by atoms with Crippen LogP contribution in [0.1, 0.15) is 21.6 Å². The van der Waals surface area contributed by atoms with Crippen molar-refractivity contribution >= 4 is 38.4 Å². The van der Waals surface area contributed by atoms with Gasteiger partial charge in [-0.15, -0.1) is 0 Å². The first-order chi connectivity index (χ1) is 17.2. The fourth-order valence-electron chi connectivity index (χ4n) is 4.49. The van der Waals surface area contributed by atoms with Gasteiger partial charge in [0, 0.05) is 46.1 Å². The highest BCUT2D eigenvalue weighted by molar-refractivity contribution is 6.15. The molecule has 6 heteroatoms. The van der Waals surface area contributed by atoms with Crippen molar-refractivity contribution < 1.29 is 14.3 Å². The fraction of sp³-hybridized carbons (Fsp3) is 0.0690. The van der Waals surface area contributed by atoms with E-state index in [2.05, 4.69) is 15.0 Å². The number of benzene rings is 3. The lowest BCUT2D eigenvalue weighted by Crippen LogP contribution is -2.09. The van der Waals surface area contributed by atoms with E-state index in [9.17, 15) is 4.79 Å². The van der Waals surface area contributed by atoms with Gasteiger partial charge in [-0.2, -0.15) is 0 Å². The van der Waals surface area contributed by atoms with Crippen molar-refractivity contribution in [2.24, 2.45) is 0 Å². The maximum atomic E-state index is 13.3. The number of H-pyrrole nitrogens is 1. The molecule has 0 aliphatic heterocycles. The van der Waals surface area contributed by atoms with Gasteiger partial charge in [0.1, 0.15) is 11.4 Å². The third-order valence-electron chi connectivity index (χ3n) is 6.10. The van der Waals surface area contributed by atoms with Crippen LogP contribution in [0.2, 0.25) is 0 Å². The molecule has 0 unspecified atom stereocenters. The van der Waals surface area contributed by atoms with Crippen LogP contribution in [0.3, 0.4) is 0 Å². The summed E-state index contributed by atoms with van der Waals surface area (Å²) in [6, 6.07) is 24.9. The van der Waals surface area contributed by atoms with Crippen LogP contribution in [0.25, 0.3) is 32.6 Å². The molecule has 0 aliphatic carbocycles. The Morgan fingerprint density at radius 3 is 2.57 bits per heavy atom. The Kier molecular flexibility index (Phi) is 5.20. The number of hydrogen-bond acceptors (Lipinski definition) is 5. The zero-order valence-corrected chi connectivity index (χ0v) is 19.0. The number of fused-ring (bicyclic) bond motifs is 4. The van der Waals surface area contributed by atoms with Crippen LogP contribution >= 0.6 is 0 Å². The lowest BCUT2D eigenvalue weighted by Gasteiger charge is -2.10. The number of hydrogen-bond donors (Lipinski definition) is 1. The first-order valence-corrected chi connectivity index (χ1v) is 11.3. The second-order valence-electron chi connectivity index (χ2n) is 8.27. The molecule has 0 radical (unpaired) electrons. The van der Waals surface area contributed by atoms with E-state index in [1.807, 2.05) is 66.7 Å². The third kappa shape index (κ3) is 3.70. The average Bonchev–Trinajstić information content (AvgIpc) is 3.28. The molecule has 0 aliphatic rings. The predicted octanol–water partition coefficient (Wildman–Crippen LogP) is 6.43. The Morgan fingerprint density at radius 2 is 1.71 bits per heavy atom. The molecular formula is C29H21N3O3. The van der Waals surface area contributed by atoms with Gasteiger partial charge in [0.2, 0.25) is 11.7 Å². The highest BCUT2D eigenvalue weighted by Gasteiger charge is 2.21. The zero-order chi connectivity index (χ0) is 23.8. The molecule has 0 atom stereocenters. The minimum Gasteiger partial charge on any atom is -0.438 e. The number of carbonyl (C=O) groups excluding carboxylic acids is 1. The summed E-state index contributed by atoms with van der Waals surface area (Å²) < 4.78 is 11.7. The minimum absolute atomic E-state index is 0.138. The van der Waals surface area contributed by atoms with Gasteiger partial charge in [0.25, 0.3) is 0 Å². The van der Waals surface area contributed by atoms with Gasteiger partial charge in [0.05, 0.1) is 18.3 Å². The maximum absolute atomic E-state index is 13.3. The monoisotopic (exact) mass is 459 g/mol. The molecule has 3 aromatic heterocycles. The molecule has 0 spiro atoms. The van der Waals surface area contributed by atoms with Gasteiger partial charge in [-0.25, -0.2) is 4.98 Å². The summed E-state index contributed by atoms with van der Waals surface area (Å²) in [5, 5.41) is 3.82. The van der Waals surface area contributed by atoms with Crippen LogP contribution in [-0.4, -0.2) is 27.8 Å². The van der Waals surface area contributed by atoms with Crippen LogP contribution in [0.4, 0.5) is 0 Å². The standard InChI is InChI=1S/C29H21N3O3/c1-34-17-23-26-22-15-20(35-29-21-10-6-5-7-18(21)13-14-30-29)11-12-24(22)32-25(26)16-31-27(23)28(33)19-8-3-2-4-9-19/h2-16,32H,17H2,1H3. The fourth-order valence-corrected chi connectivity index (χ4v) is 4.49. The Bertz CT molecular complexity index is 1700. The SMILES string of the molecule is COCc1c(C(=O)c2ccccc2)ncc2[nH]c3ccc(Oc4nccc5ccccc45)cc3c12. The summed E-state index contributed by atoms with van der Waals surface area (Å²) in [4.78, 5) is 25.7. The van der Waals surface area contributed by atoms with Crippen molar-refractivity contribution in [3.63, 3.8) is 0 Å². The van der Waals surface area contributed by atoms with E-state index < -0.39 is 0 Å². The summed E-state index contributed by atoms with van der Waals surface area (Å²) in [6.07, 6.45) is 3.45. The molecular weight excluding hydrogens is 438 g/mol. The number of ether oxygens (including phenoxy) is 2. The smallest absolute Gasteiger partial charge is 0.227 e. The molecule has 35 heavy (non-hydrogen) atoms. The molecule has 6 rings (SSSR count). The van der Waals surface area contributed by atoms with Crippen LogP contribution in [0.5, 0.6) is 11.6 Å². The number of nitrogens with zero attached hydrogens (tertiary/aromatic N) is 2. The number of ketones is 1. The van der Waals surface area contributed by atoms with Crippen molar-refractivity contribution in [2.75, 3.05) is 7.11 Å². The van der Waals surface area contributed by atoms with Crippen LogP contribution in [0.15, 0.2) is 91.3 Å². The summed E-state index contributed by atoms with van der Waals surface area (Å²) in [6.45, 7) is 0.251. The Balaban J connectivity index is 1.50. The highest BCUT2D eigenvalue weighted by atomic mass is 16.5. The minimum atomic E-state index is -0.138. The topological polar surface area (TPSA) is 77.1 Å². The quantitative estimate of drug-likeness (QED) is 0.290. The van der Waals surface area contributed by atoms with Gasteiger partial charge in [-0.1, -0.05) is 48.5 Å². The normalized spacial score (nSPS) is 11.3. The lowest BCUT2D eigenvalue weighted by atomic mass is 10.00. The molecule has 0 saturated carbocycles. The second-order valence-corrected chi connectivity index (χ2v) is 8.27. The third-order valence-corrected chi connectivity index (χ3v) is 6.10. The first kappa shape index (κ1) is 21.0. The van der Waals surface area contributed by atoms with Gasteiger partial charge in [0.15, 0.2) is 0 Å². The van der Waals surface area contributed by atoms with Gasteiger partial charge < -0.3 is 14.5 Å². The molecule has 3 heterocycles. The summed E-state index contributed by atoms with van der Waals surface area (Å²) >= 11 is 0. The van der Waals surface area contributed by atoms with Gasteiger partial charge >= 0.3 is 0 Å².